The van der Waals surface area contributed by atoms with Gasteiger partial charge in [-0.25, -0.2) is 4.90 Å². The number of aromatic nitrogens is 1. The maximum Gasteiger partial charge on any atom is 0.266 e. The van der Waals surface area contributed by atoms with Crippen molar-refractivity contribution >= 4 is 40.0 Å². The van der Waals surface area contributed by atoms with Gasteiger partial charge < -0.3 is 0 Å². The number of halogens is 1. The first-order chi connectivity index (χ1) is 10.7. The molecule has 2 heterocycles. The number of anilines is 1. The molecule has 0 atom stereocenters. The summed E-state index contributed by atoms with van der Waals surface area (Å²) in [5, 5.41) is 1.29. The van der Waals surface area contributed by atoms with E-state index in [0.29, 0.717) is 27.4 Å². The van der Waals surface area contributed by atoms with Crippen LogP contribution in [0.4, 0.5) is 5.69 Å². The molecule has 1 aliphatic rings. The van der Waals surface area contributed by atoms with Gasteiger partial charge in [0.05, 0.1) is 27.4 Å². The van der Waals surface area contributed by atoms with Gasteiger partial charge in [0.2, 0.25) is 0 Å². The molecule has 1 aliphatic heterocycles. The van der Waals surface area contributed by atoms with Crippen LogP contribution < -0.4 is 4.90 Å². The van der Waals surface area contributed by atoms with Crippen molar-refractivity contribution in [3.05, 3.63) is 70.9 Å². The molecular formula is C17H9ClN2O2. The van der Waals surface area contributed by atoms with Crippen LogP contribution in [-0.4, -0.2) is 16.8 Å². The normalized spacial score (nSPS) is 13.8. The Morgan fingerprint density at radius 2 is 1.59 bits per heavy atom. The summed E-state index contributed by atoms with van der Waals surface area (Å²) in [6.07, 6.45) is 1.51. The van der Waals surface area contributed by atoms with E-state index in [1.807, 2.05) is 6.07 Å². The van der Waals surface area contributed by atoms with Gasteiger partial charge in [0.25, 0.3) is 11.8 Å². The highest BCUT2D eigenvalue weighted by Crippen LogP contribution is 2.33. The minimum Gasteiger partial charge on any atom is -0.268 e. The number of benzene rings is 2. The minimum absolute atomic E-state index is 0.329. The number of carbonyl (C=O) groups excluding carboxylic acids is 2. The third-order valence-corrected chi connectivity index (χ3v) is 3.90. The van der Waals surface area contributed by atoms with E-state index in [4.69, 9.17) is 11.6 Å². The fourth-order valence-corrected chi connectivity index (χ4v) is 2.87. The molecule has 22 heavy (non-hydrogen) atoms. The van der Waals surface area contributed by atoms with Crippen molar-refractivity contribution in [2.24, 2.45) is 0 Å². The van der Waals surface area contributed by atoms with Crippen LogP contribution in [0, 0.1) is 0 Å². The van der Waals surface area contributed by atoms with E-state index in [2.05, 4.69) is 4.98 Å². The molecule has 0 spiro atoms. The number of imide groups is 1. The summed E-state index contributed by atoms with van der Waals surface area (Å²) in [5.74, 6) is -0.658. The fraction of sp³-hybridized carbons (Fsp3) is 0. The van der Waals surface area contributed by atoms with Crippen molar-refractivity contribution in [1.82, 2.24) is 4.98 Å². The molecule has 0 saturated carbocycles. The Labute approximate surface area is 131 Å². The van der Waals surface area contributed by atoms with Crippen molar-refractivity contribution in [3.63, 3.8) is 0 Å². The van der Waals surface area contributed by atoms with E-state index < -0.39 is 0 Å². The van der Waals surface area contributed by atoms with Crippen molar-refractivity contribution in [1.29, 1.82) is 0 Å². The SMILES string of the molecule is O=C1c2ccccc2C(=O)N1c1cccc2cc(Cl)cnc12. The molecule has 0 radical (unpaired) electrons. The lowest BCUT2D eigenvalue weighted by Crippen LogP contribution is -2.29. The van der Waals surface area contributed by atoms with Gasteiger partial charge in [0, 0.05) is 11.6 Å². The van der Waals surface area contributed by atoms with Gasteiger partial charge in [-0.15, -0.1) is 0 Å². The Morgan fingerprint density at radius 1 is 0.909 bits per heavy atom. The van der Waals surface area contributed by atoms with Crippen LogP contribution in [-0.2, 0) is 0 Å². The first kappa shape index (κ1) is 13.0. The molecule has 5 heteroatoms. The average Bonchev–Trinajstić information content (AvgIpc) is 2.78. The molecule has 0 saturated heterocycles. The van der Waals surface area contributed by atoms with Gasteiger partial charge in [0.15, 0.2) is 0 Å². The molecule has 0 N–H and O–H groups in total. The van der Waals surface area contributed by atoms with Gasteiger partial charge in [-0.2, -0.15) is 0 Å². The predicted octanol–water partition coefficient (Wildman–Crippen LogP) is 3.69. The second-order valence-electron chi connectivity index (χ2n) is 4.99. The lowest BCUT2D eigenvalue weighted by molar-refractivity contribution is 0.0926. The summed E-state index contributed by atoms with van der Waals surface area (Å²) in [7, 11) is 0. The van der Waals surface area contributed by atoms with Crippen LogP contribution in [0.1, 0.15) is 20.7 Å². The molecular weight excluding hydrogens is 300 g/mol. The first-order valence-corrected chi connectivity index (χ1v) is 7.07. The van der Waals surface area contributed by atoms with E-state index in [1.54, 1.807) is 42.5 Å². The van der Waals surface area contributed by atoms with E-state index in [9.17, 15) is 9.59 Å². The Balaban J connectivity index is 1.94. The van der Waals surface area contributed by atoms with Crippen molar-refractivity contribution in [3.8, 4) is 0 Å². The van der Waals surface area contributed by atoms with Crippen LogP contribution in [0.25, 0.3) is 10.9 Å². The second kappa shape index (κ2) is 4.64. The van der Waals surface area contributed by atoms with E-state index in [0.717, 1.165) is 5.39 Å². The lowest BCUT2D eigenvalue weighted by Gasteiger charge is -2.15. The van der Waals surface area contributed by atoms with E-state index >= 15 is 0 Å². The number of hydrogen-bond acceptors (Lipinski definition) is 3. The summed E-state index contributed by atoms with van der Waals surface area (Å²) >= 11 is 5.95. The van der Waals surface area contributed by atoms with E-state index in [1.165, 1.54) is 11.1 Å². The standard InChI is InChI=1S/C17H9ClN2O2/c18-11-8-10-4-3-7-14(15(10)19-9-11)20-16(21)12-5-1-2-6-13(12)17(20)22/h1-9H. The fourth-order valence-electron chi connectivity index (χ4n) is 2.71. The monoisotopic (exact) mass is 308 g/mol. The maximum absolute atomic E-state index is 12.6. The number of fused-ring (bicyclic) bond motifs is 2. The van der Waals surface area contributed by atoms with Crippen molar-refractivity contribution < 1.29 is 9.59 Å². The number of rotatable bonds is 1. The minimum atomic E-state index is -0.329. The second-order valence-corrected chi connectivity index (χ2v) is 5.43. The van der Waals surface area contributed by atoms with Gasteiger partial charge >= 0.3 is 0 Å². The molecule has 1 aromatic heterocycles. The summed E-state index contributed by atoms with van der Waals surface area (Å²) in [6.45, 7) is 0. The number of carbonyl (C=O) groups is 2. The molecule has 4 rings (SSSR count). The molecule has 0 fully saturated rings. The van der Waals surface area contributed by atoms with Gasteiger partial charge in [-0.1, -0.05) is 35.9 Å². The summed E-state index contributed by atoms with van der Waals surface area (Å²) < 4.78 is 0. The number of amides is 2. The number of pyridine rings is 1. The zero-order valence-corrected chi connectivity index (χ0v) is 12.0. The van der Waals surface area contributed by atoms with Crippen LogP contribution >= 0.6 is 11.6 Å². The highest BCUT2D eigenvalue weighted by molar-refractivity contribution is 6.36. The van der Waals surface area contributed by atoms with Gasteiger partial charge in [0.1, 0.15) is 0 Å². The topological polar surface area (TPSA) is 50.3 Å². The first-order valence-electron chi connectivity index (χ1n) is 6.69. The third-order valence-electron chi connectivity index (χ3n) is 3.69. The Morgan fingerprint density at radius 3 is 2.27 bits per heavy atom. The number of para-hydroxylation sites is 1. The molecule has 2 amide bonds. The summed E-state index contributed by atoms with van der Waals surface area (Å²) in [4.78, 5) is 30.6. The maximum atomic E-state index is 12.6. The van der Waals surface area contributed by atoms with Crippen LogP contribution in [0.15, 0.2) is 54.7 Å². The molecule has 106 valence electrons. The summed E-state index contributed by atoms with van der Waals surface area (Å²) in [6, 6.07) is 13.9. The average molecular weight is 309 g/mol. The highest BCUT2D eigenvalue weighted by atomic mass is 35.5. The third kappa shape index (κ3) is 1.74. The molecule has 0 aliphatic carbocycles. The van der Waals surface area contributed by atoms with Crippen LogP contribution in [0.2, 0.25) is 5.02 Å². The Hall–Kier alpha value is -2.72. The molecule has 0 bridgehead atoms. The summed E-state index contributed by atoms with van der Waals surface area (Å²) in [5.41, 5.74) is 1.87. The van der Waals surface area contributed by atoms with Crippen molar-refractivity contribution in [2.75, 3.05) is 4.90 Å². The number of hydrogen-bond donors (Lipinski definition) is 0. The van der Waals surface area contributed by atoms with Crippen LogP contribution in [0.5, 0.6) is 0 Å². The van der Waals surface area contributed by atoms with Gasteiger partial charge in [-0.3, -0.25) is 14.6 Å². The number of nitrogens with zero attached hydrogens (tertiary/aromatic N) is 2. The smallest absolute Gasteiger partial charge is 0.266 e. The zero-order valence-electron chi connectivity index (χ0n) is 11.3. The van der Waals surface area contributed by atoms with E-state index in [-0.39, 0.29) is 11.8 Å². The van der Waals surface area contributed by atoms with Crippen LogP contribution in [0.3, 0.4) is 0 Å². The van der Waals surface area contributed by atoms with Crippen molar-refractivity contribution in [2.45, 2.75) is 0 Å². The lowest BCUT2D eigenvalue weighted by atomic mass is 10.1. The zero-order chi connectivity index (χ0) is 15.3. The highest BCUT2D eigenvalue weighted by Gasteiger charge is 2.37. The Kier molecular flexibility index (Phi) is 2.74. The molecule has 3 aromatic rings. The van der Waals surface area contributed by atoms with Gasteiger partial charge in [-0.05, 0) is 24.3 Å². The molecule has 0 unspecified atom stereocenters. The predicted molar refractivity (Wildman–Crippen MR) is 84.3 cm³/mol. The Bertz CT molecular complexity index is 917. The largest absolute Gasteiger partial charge is 0.268 e. The molecule has 2 aromatic carbocycles. The molecule has 4 nitrogen and oxygen atoms in total. The quantitative estimate of drug-likeness (QED) is 0.644.